The van der Waals surface area contributed by atoms with Gasteiger partial charge in [-0.1, -0.05) is 26.2 Å². The largest absolute Gasteiger partial charge is 0.396 e. The van der Waals surface area contributed by atoms with Gasteiger partial charge in [0.1, 0.15) is 0 Å². The van der Waals surface area contributed by atoms with E-state index in [0.717, 1.165) is 19.0 Å². The van der Waals surface area contributed by atoms with Crippen molar-refractivity contribution in [2.45, 2.75) is 57.9 Å². The highest BCUT2D eigenvalue weighted by molar-refractivity contribution is 4.89. The van der Waals surface area contributed by atoms with E-state index >= 15 is 0 Å². The lowest BCUT2D eigenvalue weighted by atomic mass is 9.75. The lowest BCUT2D eigenvalue weighted by molar-refractivity contribution is 0.0314. The molecule has 0 radical (unpaired) electrons. The van der Waals surface area contributed by atoms with Crippen LogP contribution in [0.2, 0.25) is 0 Å². The van der Waals surface area contributed by atoms with Crippen LogP contribution in [0.15, 0.2) is 0 Å². The van der Waals surface area contributed by atoms with Crippen LogP contribution in [-0.4, -0.2) is 42.3 Å². The van der Waals surface area contributed by atoms with Crippen molar-refractivity contribution in [1.29, 1.82) is 0 Å². The van der Waals surface area contributed by atoms with Crippen LogP contribution in [0.5, 0.6) is 0 Å². The zero-order valence-corrected chi connectivity index (χ0v) is 12.6. The summed E-state index contributed by atoms with van der Waals surface area (Å²) in [6.45, 7) is 5.80. The molecule has 3 nitrogen and oxygen atoms in total. The number of aliphatic hydroxyl groups excluding tert-OH is 1. The van der Waals surface area contributed by atoms with Crippen molar-refractivity contribution < 1.29 is 5.11 Å². The summed E-state index contributed by atoms with van der Waals surface area (Å²) in [5.74, 6) is 2.09. The molecule has 112 valence electrons. The molecule has 3 heteroatoms. The van der Waals surface area contributed by atoms with Crippen molar-refractivity contribution >= 4 is 0 Å². The van der Waals surface area contributed by atoms with E-state index in [4.69, 9.17) is 5.73 Å². The number of hydrogen-bond acceptors (Lipinski definition) is 3. The number of hydrogen-bond donors (Lipinski definition) is 2. The normalized spacial score (nSPS) is 37.4. The minimum Gasteiger partial charge on any atom is -0.396 e. The van der Waals surface area contributed by atoms with Gasteiger partial charge in [0.05, 0.1) is 0 Å². The molecular formula is C16H32N2O. The highest BCUT2D eigenvalue weighted by Gasteiger charge is 2.35. The van der Waals surface area contributed by atoms with Crippen LogP contribution in [0.1, 0.15) is 51.9 Å². The predicted molar refractivity (Wildman–Crippen MR) is 80.0 cm³/mol. The van der Waals surface area contributed by atoms with Gasteiger partial charge in [0.2, 0.25) is 0 Å². The number of rotatable bonds is 5. The molecule has 0 amide bonds. The topological polar surface area (TPSA) is 49.5 Å². The summed E-state index contributed by atoms with van der Waals surface area (Å²) in [6, 6.07) is 0.685. The molecule has 0 aromatic rings. The number of piperidine rings is 1. The minimum atomic E-state index is 0.356. The van der Waals surface area contributed by atoms with Crippen molar-refractivity contribution in [3.63, 3.8) is 0 Å². The third-order valence-corrected chi connectivity index (χ3v) is 5.34. The van der Waals surface area contributed by atoms with E-state index in [1.165, 1.54) is 51.5 Å². The van der Waals surface area contributed by atoms with E-state index in [0.29, 0.717) is 24.5 Å². The second-order valence-electron chi connectivity index (χ2n) is 6.72. The average Bonchev–Trinajstić information content (AvgIpc) is 2.47. The molecule has 1 saturated heterocycles. The smallest absolute Gasteiger partial charge is 0.0471 e. The van der Waals surface area contributed by atoms with Gasteiger partial charge >= 0.3 is 0 Å². The van der Waals surface area contributed by atoms with Crippen LogP contribution in [0.25, 0.3) is 0 Å². The first-order valence-corrected chi connectivity index (χ1v) is 8.33. The zero-order valence-electron chi connectivity index (χ0n) is 12.6. The second-order valence-corrected chi connectivity index (χ2v) is 6.72. The SMILES string of the molecule is CCCC1CCC(CN)C(N2CCCC(CO)C2)C1. The van der Waals surface area contributed by atoms with Gasteiger partial charge in [-0.15, -0.1) is 0 Å². The number of likely N-dealkylation sites (tertiary alicyclic amines) is 1. The quantitative estimate of drug-likeness (QED) is 0.804. The van der Waals surface area contributed by atoms with Gasteiger partial charge in [-0.25, -0.2) is 0 Å². The maximum Gasteiger partial charge on any atom is 0.0471 e. The summed E-state index contributed by atoms with van der Waals surface area (Å²) in [7, 11) is 0. The Morgan fingerprint density at radius 1 is 1.21 bits per heavy atom. The summed E-state index contributed by atoms with van der Waals surface area (Å²) < 4.78 is 0. The number of nitrogens with two attached hydrogens (primary N) is 1. The fraction of sp³-hybridized carbons (Fsp3) is 1.00. The van der Waals surface area contributed by atoms with Gasteiger partial charge in [0.25, 0.3) is 0 Å². The fourth-order valence-electron chi connectivity index (χ4n) is 4.23. The fourth-order valence-corrected chi connectivity index (χ4v) is 4.23. The van der Waals surface area contributed by atoms with Crippen LogP contribution in [0.3, 0.4) is 0 Å². The third-order valence-electron chi connectivity index (χ3n) is 5.34. The Morgan fingerprint density at radius 2 is 2.05 bits per heavy atom. The Morgan fingerprint density at radius 3 is 2.74 bits per heavy atom. The molecule has 0 bridgehead atoms. The molecule has 4 atom stereocenters. The summed E-state index contributed by atoms with van der Waals surface area (Å²) in [6.07, 6.45) is 9.17. The monoisotopic (exact) mass is 268 g/mol. The van der Waals surface area contributed by atoms with Gasteiger partial charge in [-0.2, -0.15) is 0 Å². The molecule has 3 N–H and O–H groups in total. The lowest BCUT2D eigenvalue weighted by Crippen LogP contribution is -2.51. The Hall–Kier alpha value is -0.120. The summed E-state index contributed by atoms with van der Waals surface area (Å²) >= 11 is 0. The molecule has 2 rings (SSSR count). The van der Waals surface area contributed by atoms with Crippen molar-refractivity contribution in [1.82, 2.24) is 4.90 Å². The van der Waals surface area contributed by atoms with Crippen LogP contribution in [-0.2, 0) is 0 Å². The van der Waals surface area contributed by atoms with Gasteiger partial charge in [-0.05, 0) is 56.5 Å². The van der Waals surface area contributed by atoms with E-state index < -0.39 is 0 Å². The van der Waals surface area contributed by atoms with Crippen LogP contribution in [0, 0.1) is 17.8 Å². The van der Waals surface area contributed by atoms with Crippen LogP contribution < -0.4 is 5.73 Å². The van der Waals surface area contributed by atoms with Gasteiger partial charge in [-0.3, -0.25) is 4.90 Å². The molecule has 4 unspecified atom stereocenters. The Balaban J connectivity index is 1.96. The van der Waals surface area contributed by atoms with Crippen molar-refractivity contribution in [3.05, 3.63) is 0 Å². The highest BCUT2D eigenvalue weighted by Crippen LogP contribution is 2.35. The third kappa shape index (κ3) is 3.93. The lowest BCUT2D eigenvalue weighted by Gasteiger charge is -2.45. The van der Waals surface area contributed by atoms with Gasteiger partial charge in [0.15, 0.2) is 0 Å². The van der Waals surface area contributed by atoms with E-state index in [1.54, 1.807) is 0 Å². The maximum atomic E-state index is 9.42. The Labute approximate surface area is 118 Å². The molecule has 1 heterocycles. The average molecular weight is 268 g/mol. The Kier molecular flexibility index (Phi) is 6.11. The molecule has 1 aliphatic carbocycles. The standard InChI is InChI=1S/C16H32N2O/c1-2-4-13-6-7-15(10-17)16(9-13)18-8-3-5-14(11-18)12-19/h13-16,19H,2-12,17H2,1H3. The number of aliphatic hydroxyl groups is 1. The molecule has 2 aliphatic rings. The van der Waals surface area contributed by atoms with Crippen molar-refractivity contribution in [3.8, 4) is 0 Å². The first kappa shape index (κ1) is 15.3. The molecule has 1 saturated carbocycles. The first-order valence-electron chi connectivity index (χ1n) is 8.33. The maximum absolute atomic E-state index is 9.42. The van der Waals surface area contributed by atoms with E-state index in [2.05, 4.69) is 11.8 Å². The molecule has 0 aromatic heterocycles. The molecule has 19 heavy (non-hydrogen) atoms. The van der Waals surface area contributed by atoms with E-state index in [9.17, 15) is 5.11 Å². The van der Waals surface area contributed by atoms with Crippen LogP contribution in [0.4, 0.5) is 0 Å². The van der Waals surface area contributed by atoms with Crippen molar-refractivity contribution in [2.75, 3.05) is 26.2 Å². The summed E-state index contributed by atoms with van der Waals surface area (Å²) in [4.78, 5) is 2.66. The van der Waals surface area contributed by atoms with Crippen molar-refractivity contribution in [2.24, 2.45) is 23.5 Å². The molecule has 0 spiro atoms. The molecule has 0 aromatic carbocycles. The summed E-state index contributed by atoms with van der Waals surface area (Å²) in [5, 5.41) is 9.42. The zero-order chi connectivity index (χ0) is 13.7. The molecular weight excluding hydrogens is 236 g/mol. The number of nitrogens with zero attached hydrogens (tertiary/aromatic N) is 1. The minimum absolute atomic E-state index is 0.356. The Bertz CT molecular complexity index is 259. The van der Waals surface area contributed by atoms with Crippen LogP contribution >= 0.6 is 0 Å². The van der Waals surface area contributed by atoms with E-state index in [1.807, 2.05) is 0 Å². The summed E-state index contributed by atoms with van der Waals surface area (Å²) in [5.41, 5.74) is 6.01. The second kappa shape index (κ2) is 7.61. The predicted octanol–water partition coefficient (Wildman–Crippen LogP) is 2.23. The highest BCUT2D eigenvalue weighted by atomic mass is 16.3. The molecule has 1 aliphatic heterocycles. The van der Waals surface area contributed by atoms with Gasteiger partial charge < -0.3 is 10.8 Å². The molecule has 2 fully saturated rings. The van der Waals surface area contributed by atoms with Gasteiger partial charge in [0, 0.05) is 19.2 Å². The van der Waals surface area contributed by atoms with E-state index in [-0.39, 0.29) is 0 Å². The first-order chi connectivity index (χ1) is 9.28.